The normalized spacial score (nSPS) is 21.7. The van der Waals surface area contributed by atoms with Gasteiger partial charge in [0.15, 0.2) is 0 Å². The van der Waals surface area contributed by atoms with E-state index in [0.29, 0.717) is 0 Å². The van der Waals surface area contributed by atoms with E-state index in [4.69, 9.17) is 0 Å². The van der Waals surface area contributed by atoms with E-state index in [2.05, 4.69) is 36.3 Å². The third kappa shape index (κ3) is 2.34. The summed E-state index contributed by atoms with van der Waals surface area (Å²) in [7, 11) is 2.07. The van der Waals surface area contributed by atoms with Crippen molar-refractivity contribution in [1.82, 2.24) is 4.90 Å². The van der Waals surface area contributed by atoms with Gasteiger partial charge in [0.2, 0.25) is 0 Å². The highest BCUT2D eigenvalue weighted by atomic mass is 15.1. The molecule has 0 aromatic heterocycles. The molecule has 0 aromatic carbocycles. The van der Waals surface area contributed by atoms with E-state index in [-0.39, 0.29) is 0 Å². The van der Waals surface area contributed by atoms with Gasteiger partial charge in [0.05, 0.1) is 11.5 Å². The van der Waals surface area contributed by atoms with E-state index in [1.165, 1.54) is 0 Å². The van der Waals surface area contributed by atoms with Crippen LogP contribution in [0.25, 0.3) is 0 Å². The minimum Gasteiger partial charge on any atom is -0.306 e. The summed E-state index contributed by atoms with van der Waals surface area (Å²) < 4.78 is 0. The van der Waals surface area contributed by atoms with Crippen LogP contribution in [0, 0.1) is 16.7 Å². The monoisotopic (exact) mass is 203 g/mol. The highest BCUT2D eigenvalue weighted by Gasteiger charge is 2.36. The molecule has 0 bridgehead atoms. The maximum absolute atomic E-state index is 9.34. The number of likely N-dealkylation sites (tertiary alicyclic amines) is 1. The average molecular weight is 203 g/mol. The van der Waals surface area contributed by atoms with Crippen molar-refractivity contribution in [2.45, 2.75) is 12.8 Å². The summed E-state index contributed by atoms with van der Waals surface area (Å²) in [6, 6.07) is 2.42. The van der Waals surface area contributed by atoms with Crippen LogP contribution in [0.4, 0.5) is 0 Å². The van der Waals surface area contributed by atoms with Gasteiger partial charge in [-0.05, 0) is 45.3 Å². The lowest BCUT2D eigenvalue weighted by Gasteiger charge is -2.36. The Labute approximate surface area is 91.4 Å². The molecule has 1 rings (SSSR count). The molecule has 0 aliphatic carbocycles. The standard InChI is InChI=1S/C12H17N3/c1-4-11(9-14-2)12(10-13)5-7-15(3)8-6-12/h4,9H,1-2,5-8H2,3H3/b11-9+. The Morgan fingerprint density at radius 1 is 1.53 bits per heavy atom. The predicted octanol–water partition coefficient (Wildman–Crippen LogP) is 1.99. The average Bonchev–Trinajstić information content (AvgIpc) is 2.28. The van der Waals surface area contributed by atoms with Crippen LogP contribution in [0.3, 0.4) is 0 Å². The van der Waals surface area contributed by atoms with Gasteiger partial charge in [0, 0.05) is 6.20 Å². The van der Waals surface area contributed by atoms with Crippen LogP contribution in [-0.4, -0.2) is 31.8 Å². The number of nitriles is 1. The first kappa shape index (κ1) is 11.7. The summed E-state index contributed by atoms with van der Waals surface area (Å²) in [6.45, 7) is 9.06. The highest BCUT2D eigenvalue weighted by molar-refractivity contribution is 5.35. The largest absolute Gasteiger partial charge is 0.306 e. The summed E-state index contributed by atoms with van der Waals surface area (Å²) in [6.07, 6.45) is 5.06. The lowest BCUT2D eigenvalue weighted by molar-refractivity contribution is 0.200. The summed E-state index contributed by atoms with van der Waals surface area (Å²) >= 11 is 0. The van der Waals surface area contributed by atoms with Crippen LogP contribution >= 0.6 is 0 Å². The molecule has 1 saturated heterocycles. The number of piperidine rings is 1. The minimum absolute atomic E-state index is 0.407. The number of hydrogen-bond donors (Lipinski definition) is 0. The van der Waals surface area contributed by atoms with Crippen LogP contribution in [0.5, 0.6) is 0 Å². The molecule has 0 radical (unpaired) electrons. The molecule has 0 spiro atoms. The number of rotatable bonds is 3. The quantitative estimate of drug-likeness (QED) is 0.520. The van der Waals surface area contributed by atoms with Gasteiger partial charge in [-0.25, -0.2) is 0 Å². The van der Waals surface area contributed by atoms with Crippen molar-refractivity contribution < 1.29 is 0 Å². The Hall–Kier alpha value is -1.40. The Balaban J connectivity index is 2.95. The maximum Gasteiger partial charge on any atom is 0.0861 e. The fraction of sp³-hybridized carbons (Fsp3) is 0.500. The third-order valence-corrected chi connectivity index (χ3v) is 3.06. The van der Waals surface area contributed by atoms with Gasteiger partial charge in [-0.1, -0.05) is 12.7 Å². The summed E-state index contributed by atoms with van der Waals surface area (Å²) in [5.41, 5.74) is 0.489. The molecule has 80 valence electrons. The van der Waals surface area contributed by atoms with Crippen LogP contribution in [0.2, 0.25) is 0 Å². The number of nitrogens with zero attached hydrogens (tertiary/aromatic N) is 3. The molecule has 1 fully saturated rings. The maximum atomic E-state index is 9.34. The van der Waals surface area contributed by atoms with Gasteiger partial charge in [-0.2, -0.15) is 5.26 Å². The van der Waals surface area contributed by atoms with Gasteiger partial charge in [0.25, 0.3) is 0 Å². The summed E-state index contributed by atoms with van der Waals surface area (Å²) in [4.78, 5) is 5.98. The van der Waals surface area contributed by atoms with E-state index < -0.39 is 5.41 Å². The van der Waals surface area contributed by atoms with Gasteiger partial charge >= 0.3 is 0 Å². The van der Waals surface area contributed by atoms with Gasteiger partial charge in [-0.15, -0.1) is 0 Å². The molecular weight excluding hydrogens is 186 g/mol. The van der Waals surface area contributed by atoms with Crippen molar-refractivity contribution in [2.24, 2.45) is 10.4 Å². The van der Waals surface area contributed by atoms with Crippen molar-refractivity contribution >= 4 is 6.72 Å². The molecule has 0 unspecified atom stereocenters. The lowest BCUT2D eigenvalue weighted by Crippen LogP contribution is -2.38. The fourth-order valence-electron chi connectivity index (χ4n) is 1.94. The van der Waals surface area contributed by atoms with Crippen LogP contribution in [0.15, 0.2) is 29.4 Å². The molecule has 3 nitrogen and oxygen atoms in total. The molecule has 0 N–H and O–H groups in total. The topological polar surface area (TPSA) is 39.4 Å². The number of aliphatic imine (C=N–C) groups is 1. The van der Waals surface area contributed by atoms with Crippen LogP contribution in [0.1, 0.15) is 12.8 Å². The zero-order valence-corrected chi connectivity index (χ0v) is 9.24. The number of allylic oxidation sites excluding steroid dienone is 2. The minimum atomic E-state index is -0.407. The van der Waals surface area contributed by atoms with E-state index in [1.807, 2.05) is 0 Å². The molecule has 3 heteroatoms. The van der Waals surface area contributed by atoms with E-state index in [1.54, 1.807) is 12.3 Å². The Kier molecular flexibility index (Phi) is 3.81. The Bertz CT molecular complexity index is 314. The van der Waals surface area contributed by atoms with Crippen LogP contribution < -0.4 is 0 Å². The van der Waals surface area contributed by atoms with Gasteiger partial charge in [0.1, 0.15) is 0 Å². The zero-order chi connectivity index (χ0) is 11.3. The van der Waals surface area contributed by atoms with Crippen molar-refractivity contribution in [1.29, 1.82) is 5.26 Å². The second-order valence-electron chi connectivity index (χ2n) is 3.97. The van der Waals surface area contributed by atoms with Crippen molar-refractivity contribution in [2.75, 3.05) is 20.1 Å². The smallest absolute Gasteiger partial charge is 0.0861 e. The molecule has 1 aliphatic rings. The molecule has 0 aromatic rings. The first-order valence-electron chi connectivity index (χ1n) is 5.07. The lowest BCUT2D eigenvalue weighted by atomic mass is 9.74. The summed E-state index contributed by atoms with van der Waals surface area (Å²) in [5.74, 6) is 0. The van der Waals surface area contributed by atoms with E-state index in [0.717, 1.165) is 31.5 Å². The van der Waals surface area contributed by atoms with E-state index >= 15 is 0 Å². The van der Waals surface area contributed by atoms with Gasteiger partial charge < -0.3 is 4.90 Å². The zero-order valence-electron chi connectivity index (χ0n) is 9.24. The third-order valence-electron chi connectivity index (χ3n) is 3.06. The Morgan fingerprint density at radius 2 is 2.13 bits per heavy atom. The second kappa shape index (κ2) is 4.90. The van der Waals surface area contributed by atoms with Crippen molar-refractivity contribution in [3.8, 4) is 6.07 Å². The molecule has 15 heavy (non-hydrogen) atoms. The SMILES string of the molecule is C=C/C(=C\N=C)C1(C#N)CCN(C)CC1. The summed E-state index contributed by atoms with van der Waals surface area (Å²) in [5, 5.41) is 9.34. The molecule has 0 saturated carbocycles. The van der Waals surface area contributed by atoms with Crippen LogP contribution in [-0.2, 0) is 0 Å². The molecule has 1 aliphatic heterocycles. The molecular formula is C12H17N3. The fourth-order valence-corrected chi connectivity index (χ4v) is 1.94. The highest BCUT2D eigenvalue weighted by Crippen LogP contribution is 2.38. The predicted molar refractivity (Wildman–Crippen MR) is 62.6 cm³/mol. The van der Waals surface area contributed by atoms with Crippen molar-refractivity contribution in [3.63, 3.8) is 0 Å². The first-order valence-corrected chi connectivity index (χ1v) is 5.07. The van der Waals surface area contributed by atoms with E-state index in [9.17, 15) is 5.26 Å². The molecule has 0 amide bonds. The first-order chi connectivity index (χ1) is 7.18. The molecule has 1 heterocycles. The second-order valence-corrected chi connectivity index (χ2v) is 3.97. The van der Waals surface area contributed by atoms with Gasteiger partial charge in [-0.3, -0.25) is 4.99 Å². The number of hydrogen-bond acceptors (Lipinski definition) is 3. The van der Waals surface area contributed by atoms with Crippen molar-refractivity contribution in [3.05, 3.63) is 24.4 Å². The Morgan fingerprint density at radius 3 is 2.53 bits per heavy atom. The molecule has 0 atom stereocenters.